The summed E-state index contributed by atoms with van der Waals surface area (Å²) in [5.41, 5.74) is 0.919. The fourth-order valence-corrected chi connectivity index (χ4v) is 5.89. The zero-order chi connectivity index (χ0) is 24.1. The molecule has 0 spiro atoms. The Balaban J connectivity index is 1.41. The molecule has 2 amide bonds. The molecule has 2 aromatic rings. The predicted molar refractivity (Wildman–Crippen MR) is 128 cm³/mol. The van der Waals surface area contributed by atoms with Gasteiger partial charge >= 0.3 is 5.97 Å². The van der Waals surface area contributed by atoms with Crippen molar-refractivity contribution in [2.75, 3.05) is 26.2 Å². The minimum Gasteiger partial charge on any atom is -0.466 e. The first-order chi connectivity index (χ1) is 16.5. The van der Waals surface area contributed by atoms with E-state index in [1.54, 1.807) is 30.0 Å². The summed E-state index contributed by atoms with van der Waals surface area (Å²) in [6.45, 7) is 3.88. The highest BCUT2D eigenvalue weighted by molar-refractivity contribution is 7.12. The van der Waals surface area contributed by atoms with Crippen molar-refractivity contribution in [3.8, 4) is 0 Å². The summed E-state index contributed by atoms with van der Waals surface area (Å²) in [6.07, 6.45) is 3.26. The summed E-state index contributed by atoms with van der Waals surface area (Å²) in [5, 5.41) is 1.87. The molecule has 182 valence electrons. The highest BCUT2D eigenvalue weighted by Crippen LogP contribution is 2.36. The number of likely N-dealkylation sites (tertiary alicyclic amines) is 2. The quantitative estimate of drug-likeness (QED) is 0.542. The second-order valence-corrected chi connectivity index (χ2v) is 9.91. The van der Waals surface area contributed by atoms with Crippen LogP contribution >= 0.6 is 11.3 Å². The number of carbonyl (C=O) groups is 3. The summed E-state index contributed by atoms with van der Waals surface area (Å²) in [7, 11) is 0. The van der Waals surface area contributed by atoms with Gasteiger partial charge in [-0.2, -0.15) is 0 Å². The van der Waals surface area contributed by atoms with Crippen LogP contribution in [-0.2, 0) is 14.3 Å². The van der Waals surface area contributed by atoms with Gasteiger partial charge in [0.05, 0.1) is 17.9 Å². The summed E-state index contributed by atoms with van der Waals surface area (Å²) < 4.78 is 18.7. The van der Waals surface area contributed by atoms with Crippen LogP contribution in [0.5, 0.6) is 0 Å². The lowest BCUT2D eigenvalue weighted by atomic mass is 9.78. The van der Waals surface area contributed by atoms with Crippen LogP contribution in [0.15, 0.2) is 41.8 Å². The smallest absolute Gasteiger partial charge is 0.306 e. The Morgan fingerprint density at radius 3 is 2.47 bits per heavy atom. The van der Waals surface area contributed by atoms with Gasteiger partial charge in [0.15, 0.2) is 0 Å². The molecule has 2 aliphatic rings. The number of esters is 1. The van der Waals surface area contributed by atoms with Gasteiger partial charge in [-0.1, -0.05) is 18.2 Å². The van der Waals surface area contributed by atoms with Crippen molar-refractivity contribution in [1.29, 1.82) is 0 Å². The maximum Gasteiger partial charge on any atom is 0.306 e. The fraction of sp³-hybridized carbons (Fsp3) is 0.500. The van der Waals surface area contributed by atoms with E-state index in [2.05, 4.69) is 0 Å². The zero-order valence-corrected chi connectivity index (χ0v) is 20.3. The Morgan fingerprint density at radius 1 is 1.09 bits per heavy atom. The van der Waals surface area contributed by atoms with Crippen LogP contribution in [-0.4, -0.2) is 59.9 Å². The van der Waals surface area contributed by atoms with Gasteiger partial charge in [0.25, 0.3) is 5.91 Å². The van der Waals surface area contributed by atoms with Crippen molar-refractivity contribution < 1.29 is 23.5 Å². The highest BCUT2D eigenvalue weighted by atomic mass is 32.1. The Morgan fingerprint density at radius 2 is 1.82 bits per heavy atom. The van der Waals surface area contributed by atoms with Crippen molar-refractivity contribution in [3.63, 3.8) is 0 Å². The molecule has 0 radical (unpaired) electrons. The standard InChI is InChI=1S/C26H31FN2O4S/c1-2-33-24(30)17-21(18-7-9-20(27)10-8-18)19-11-14-28(15-12-19)25(31)22-5-3-13-29(22)26(32)23-6-4-16-34-23/h4,6-10,16,19,21-22H,2-3,5,11-15,17H2,1H3/t21-,22-/m1/s1. The molecule has 0 N–H and O–H groups in total. The van der Waals surface area contributed by atoms with Crippen molar-refractivity contribution in [3.05, 3.63) is 58.0 Å². The molecule has 6 nitrogen and oxygen atoms in total. The third-order valence-electron chi connectivity index (χ3n) is 6.94. The van der Waals surface area contributed by atoms with Crippen LogP contribution in [0.25, 0.3) is 0 Å². The molecule has 8 heteroatoms. The third kappa shape index (κ3) is 5.49. The number of benzene rings is 1. The van der Waals surface area contributed by atoms with E-state index in [0.717, 1.165) is 24.8 Å². The number of halogens is 1. The molecule has 0 bridgehead atoms. The monoisotopic (exact) mass is 486 g/mol. The lowest BCUT2D eigenvalue weighted by Gasteiger charge is -2.38. The van der Waals surface area contributed by atoms with Crippen molar-refractivity contribution in [2.24, 2.45) is 5.92 Å². The van der Waals surface area contributed by atoms with Gasteiger partial charge in [0.2, 0.25) is 5.91 Å². The summed E-state index contributed by atoms with van der Waals surface area (Å²) >= 11 is 1.40. The third-order valence-corrected chi connectivity index (χ3v) is 7.80. The molecule has 1 aromatic carbocycles. The summed E-state index contributed by atoms with van der Waals surface area (Å²) in [4.78, 5) is 42.8. The number of rotatable bonds is 7. The van der Waals surface area contributed by atoms with Crippen LogP contribution in [0.4, 0.5) is 4.39 Å². The second-order valence-electron chi connectivity index (χ2n) is 8.96. The molecule has 34 heavy (non-hydrogen) atoms. The maximum atomic E-state index is 13.5. The van der Waals surface area contributed by atoms with E-state index in [9.17, 15) is 18.8 Å². The van der Waals surface area contributed by atoms with Crippen molar-refractivity contribution >= 4 is 29.1 Å². The largest absolute Gasteiger partial charge is 0.466 e. The van der Waals surface area contributed by atoms with Crippen molar-refractivity contribution in [2.45, 2.75) is 51.0 Å². The number of carbonyl (C=O) groups excluding carboxylic acids is 3. The van der Waals surface area contributed by atoms with E-state index >= 15 is 0 Å². The number of thiophene rings is 1. The van der Waals surface area contributed by atoms with E-state index < -0.39 is 6.04 Å². The number of ether oxygens (including phenoxy) is 1. The maximum absolute atomic E-state index is 13.5. The Hall–Kier alpha value is -2.74. The SMILES string of the molecule is CCOC(=O)C[C@H](c1ccc(F)cc1)C1CCN(C(=O)[C@H]2CCCN2C(=O)c2cccs2)CC1. The number of hydrogen-bond acceptors (Lipinski definition) is 5. The fourth-order valence-electron chi connectivity index (χ4n) is 5.21. The average molecular weight is 487 g/mol. The first-order valence-electron chi connectivity index (χ1n) is 12.0. The van der Waals surface area contributed by atoms with Crippen molar-refractivity contribution in [1.82, 2.24) is 9.80 Å². The van der Waals surface area contributed by atoms with E-state index in [1.807, 2.05) is 16.3 Å². The molecule has 2 atom stereocenters. The van der Waals surface area contributed by atoms with Crippen LogP contribution < -0.4 is 0 Å². The molecule has 0 unspecified atom stereocenters. The number of hydrogen-bond donors (Lipinski definition) is 0. The van der Waals surface area contributed by atoms with E-state index in [0.29, 0.717) is 37.5 Å². The van der Waals surface area contributed by atoms with Gasteiger partial charge in [-0.3, -0.25) is 14.4 Å². The average Bonchev–Trinajstić information content (AvgIpc) is 3.55. The second kappa shape index (κ2) is 11.1. The van der Waals surface area contributed by atoms with E-state index in [1.165, 1.54) is 23.5 Å². The van der Waals surface area contributed by atoms with E-state index in [-0.39, 0.29) is 41.9 Å². The summed E-state index contributed by atoms with van der Waals surface area (Å²) in [6, 6.07) is 9.57. The van der Waals surface area contributed by atoms with Crippen LogP contribution in [0.2, 0.25) is 0 Å². The highest BCUT2D eigenvalue weighted by Gasteiger charge is 2.39. The molecular formula is C26H31FN2O4S. The number of nitrogens with zero attached hydrogens (tertiary/aromatic N) is 2. The number of amides is 2. The van der Waals surface area contributed by atoms with Gasteiger partial charge in [-0.15, -0.1) is 11.3 Å². The molecule has 2 fully saturated rings. The van der Waals surface area contributed by atoms with Gasteiger partial charge in [-0.05, 0) is 73.6 Å². The predicted octanol–water partition coefficient (Wildman–Crippen LogP) is 4.47. The Bertz CT molecular complexity index is 987. The minimum atomic E-state index is -0.404. The molecule has 2 aliphatic heterocycles. The summed E-state index contributed by atoms with van der Waals surface area (Å²) in [5.74, 6) is -0.510. The first kappa shape index (κ1) is 24.4. The number of piperidine rings is 1. The molecule has 2 saturated heterocycles. The van der Waals surface area contributed by atoms with Gasteiger partial charge < -0.3 is 14.5 Å². The van der Waals surface area contributed by atoms with Gasteiger partial charge in [0, 0.05) is 19.6 Å². The molecule has 4 rings (SSSR count). The van der Waals surface area contributed by atoms with Crippen LogP contribution in [0.3, 0.4) is 0 Å². The molecular weight excluding hydrogens is 455 g/mol. The lowest BCUT2D eigenvalue weighted by molar-refractivity contribution is -0.144. The van der Waals surface area contributed by atoms with Crippen LogP contribution in [0, 0.1) is 11.7 Å². The van der Waals surface area contributed by atoms with Gasteiger partial charge in [-0.25, -0.2) is 4.39 Å². The first-order valence-corrected chi connectivity index (χ1v) is 12.9. The minimum absolute atomic E-state index is 0.0181. The molecule has 0 aliphatic carbocycles. The van der Waals surface area contributed by atoms with E-state index in [4.69, 9.17) is 4.74 Å². The normalized spacial score (nSPS) is 19.8. The van der Waals surface area contributed by atoms with Crippen LogP contribution in [0.1, 0.15) is 60.2 Å². The molecule has 1 aromatic heterocycles. The zero-order valence-electron chi connectivity index (χ0n) is 19.5. The Kier molecular flexibility index (Phi) is 7.98. The lowest BCUT2D eigenvalue weighted by Crippen LogP contribution is -2.50. The Labute approximate surface area is 203 Å². The molecule has 0 saturated carbocycles. The topological polar surface area (TPSA) is 66.9 Å². The molecule has 3 heterocycles. The van der Waals surface area contributed by atoms with Gasteiger partial charge in [0.1, 0.15) is 11.9 Å².